The summed E-state index contributed by atoms with van der Waals surface area (Å²) in [4.78, 5) is 7.95. The van der Waals surface area contributed by atoms with E-state index in [1.54, 1.807) is 27.0 Å². The number of alkyl halides is 3. The Morgan fingerprint density at radius 3 is 2.23 bits per heavy atom. The zero-order valence-electron chi connectivity index (χ0n) is 18.5. The molecule has 2 heterocycles. The molecule has 154 valence electrons. The van der Waals surface area contributed by atoms with Crippen molar-refractivity contribution in [3.05, 3.63) is 23.7 Å². The topological polar surface area (TPSA) is 91.5 Å². The third-order valence-corrected chi connectivity index (χ3v) is 5.39. The average molecular weight is 412 g/mol. The standard InChI is InChI=1S/C15H23B5F3N7/c1-7-9(5-30(29-7)12(2,3)6-24)26-11-25-4-8(13(21,22)23)10(27-11)28-15(19,20)14(16,17)18/h4-5H,16-20H2,1-3H3,(H2,25,26,27,28). The lowest BCUT2D eigenvalue weighted by molar-refractivity contribution is -0.137. The number of aromatic nitrogens is 4. The molecule has 2 N–H and O–H groups in total. The molecule has 0 aromatic carbocycles. The quantitative estimate of drug-likeness (QED) is 0.550. The first-order valence-corrected chi connectivity index (χ1v) is 9.45. The zero-order chi connectivity index (χ0) is 23.1. The molecular weight excluding hydrogens is 389 g/mol. The molecule has 0 unspecified atom stereocenters. The molecule has 0 aliphatic heterocycles. The van der Waals surface area contributed by atoms with Gasteiger partial charge in [-0.05, 0) is 26.1 Å². The van der Waals surface area contributed by atoms with Crippen molar-refractivity contribution < 1.29 is 13.2 Å². The fraction of sp³-hybridized carbons (Fsp3) is 0.467. The number of aryl methyl sites for hydroxylation is 1. The number of halogens is 3. The van der Waals surface area contributed by atoms with E-state index in [4.69, 9.17) is 0 Å². The van der Waals surface area contributed by atoms with Gasteiger partial charge in [0, 0.05) is 6.20 Å². The van der Waals surface area contributed by atoms with Crippen LogP contribution in [-0.2, 0) is 11.7 Å². The first kappa shape index (κ1) is 23.8. The Labute approximate surface area is 178 Å². The van der Waals surface area contributed by atoms with Gasteiger partial charge in [-0.25, -0.2) is 4.98 Å². The lowest BCUT2D eigenvalue weighted by Crippen LogP contribution is -2.52. The third kappa shape index (κ3) is 4.97. The molecule has 0 bridgehead atoms. The first-order valence-electron chi connectivity index (χ1n) is 9.45. The Hall–Kier alpha value is -2.51. The Bertz CT molecular complexity index is 976. The van der Waals surface area contributed by atoms with Crippen molar-refractivity contribution in [3.8, 4) is 6.07 Å². The van der Waals surface area contributed by atoms with Crippen LogP contribution in [0.25, 0.3) is 0 Å². The van der Waals surface area contributed by atoms with Gasteiger partial charge < -0.3 is 10.6 Å². The summed E-state index contributed by atoms with van der Waals surface area (Å²) in [6.45, 7) is 5.13. The molecule has 15 heteroatoms. The van der Waals surface area contributed by atoms with Crippen LogP contribution in [0.5, 0.6) is 0 Å². The van der Waals surface area contributed by atoms with Crippen molar-refractivity contribution in [2.24, 2.45) is 0 Å². The Balaban J connectivity index is 2.46. The number of nitrogens with zero attached hydrogens (tertiary/aromatic N) is 5. The van der Waals surface area contributed by atoms with Crippen molar-refractivity contribution in [3.63, 3.8) is 0 Å². The minimum absolute atomic E-state index is 0.00683. The van der Waals surface area contributed by atoms with Crippen LogP contribution in [0.4, 0.5) is 30.6 Å². The molecule has 0 radical (unpaired) electrons. The van der Waals surface area contributed by atoms with E-state index in [0.29, 0.717) is 11.4 Å². The predicted octanol–water partition coefficient (Wildman–Crippen LogP) is -1.69. The molecule has 0 saturated carbocycles. The summed E-state index contributed by atoms with van der Waals surface area (Å²) in [7, 11) is 9.44. The van der Waals surface area contributed by atoms with E-state index in [9.17, 15) is 18.4 Å². The van der Waals surface area contributed by atoms with E-state index in [-0.39, 0.29) is 16.9 Å². The highest BCUT2D eigenvalue weighted by molar-refractivity contribution is 6.67. The van der Waals surface area contributed by atoms with Crippen molar-refractivity contribution in [1.82, 2.24) is 19.7 Å². The van der Waals surface area contributed by atoms with E-state index in [1.165, 1.54) is 4.68 Å². The van der Waals surface area contributed by atoms with Gasteiger partial charge in [0.2, 0.25) is 5.95 Å². The van der Waals surface area contributed by atoms with Crippen LogP contribution in [-0.4, -0.2) is 64.3 Å². The van der Waals surface area contributed by atoms with Crippen LogP contribution in [0.2, 0.25) is 5.11 Å². The van der Waals surface area contributed by atoms with Crippen LogP contribution >= 0.6 is 0 Å². The highest BCUT2D eigenvalue weighted by atomic mass is 19.4. The highest BCUT2D eigenvalue weighted by Crippen LogP contribution is 2.36. The molecule has 0 saturated heterocycles. The van der Waals surface area contributed by atoms with Gasteiger partial charge in [0.05, 0.1) is 47.2 Å². The van der Waals surface area contributed by atoms with Gasteiger partial charge in [-0.2, -0.15) is 28.5 Å². The maximum atomic E-state index is 13.5. The minimum Gasteiger partial charge on any atom is -0.381 e. The zero-order valence-corrected chi connectivity index (χ0v) is 18.5. The summed E-state index contributed by atoms with van der Waals surface area (Å²) in [5.41, 5.74) is -0.760. The molecule has 30 heavy (non-hydrogen) atoms. The second-order valence-corrected chi connectivity index (χ2v) is 9.32. The molecule has 0 amide bonds. The first-order chi connectivity index (χ1) is 13.5. The predicted molar refractivity (Wildman–Crippen MR) is 124 cm³/mol. The van der Waals surface area contributed by atoms with E-state index in [1.807, 2.05) is 39.2 Å². The van der Waals surface area contributed by atoms with Gasteiger partial charge in [0.25, 0.3) is 0 Å². The molecule has 2 aromatic rings. The molecule has 0 aliphatic rings. The second kappa shape index (κ2) is 7.63. The van der Waals surface area contributed by atoms with Crippen LogP contribution in [0, 0.1) is 18.3 Å². The number of nitrogens with one attached hydrogen (secondary N) is 2. The molecule has 0 spiro atoms. The summed E-state index contributed by atoms with van der Waals surface area (Å²) in [6.07, 6.45) is -2.24. The van der Waals surface area contributed by atoms with Crippen molar-refractivity contribution >= 4 is 56.7 Å². The SMILES string of the molecule is BC(B)(B)C(B)(B)Nc1nc(Nc2cn(C(C)(C)C#N)nc2C)ncc1C(F)(F)F. The van der Waals surface area contributed by atoms with Gasteiger partial charge in [0.1, 0.15) is 32.6 Å². The fourth-order valence-electron chi connectivity index (χ4n) is 2.27. The number of nitriles is 1. The van der Waals surface area contributed by atoms with E-state index < -0.39 is 22.6 Å². The molecular formula is C15H23B5F3N7. The minimum atomic E-state index is -4.60. The van der Waals surface area contributed by atoms with Crippen LogP contribution < -0.4 is 10.6 Å². The number of hydrogen-bond acceptors (Lipinski definition) is 6. The van der Waals surface area contributed by atoms with Crippen LogP contribution in [0.1, 0.15) is 25.1 Å². The number of hydrogen-bond donors (Lipinski definition) is 2. The normalized spacial score (nSPS) is 13.0. The maximum absolute atomic E-state index is 13.5. The number of anilines is 3. The summed E-state index contributed by atoms with van der Waals surface area (Å²) in [6, 6.07) is 2.14. The van der Waals surface area contributed by atoms with Gasteiger partial charge in [-0.1, -0.05) is 0 Å². The lowest BCUT2D eigenvalue weighted by Gasteiger charge is -2.41. The summed E-state index contributed by atoms with van der Waals surface area (Å²) >= 11 is 0. The lowest BCUT2D eigenvalue weighted by atomic mass is 9.26. The van der Waals surface area contributed by atoms with Crippen LogP contribution in [0.15, 0.2) is 12.4 Å². The van der Waals surface area contributed by atoms with Gasteiger partial charge in [-0.15, -0.1) is 5.11 Å². The number of rotatable bonds is 6. The molecule has 0 fully saturated rings. The van der Waals surface area contributed by atoms with Crippen molar-refractivity contribution in [2.75, 3.05) is 10.6 Å². The third-order valence-electron chi connectivity index (χ3n) is 5.39. The van der Waals surface area contributed by atoms with Crippen molar-refractivity contribution in [2.45, 2.75) is 42.9 Å². The molecule has 2 rings (SSSR count). The summed E-state index contributed by atoms with van der Waals surface area (Å²) in [5, 5.41) is 18.4. The summed E-state index contributed by atoms with van der Waals surface area (Å²) in [5.74, 6) is -0.310. The van der Waals surface area contributed by atoms with Gasteiger partial charge in [0.15, 0.2) is 0 Å². The summed E-state index contributed by atoms with van der Waals surface area (Å²) < 4.78 is 42.1. The monoisotopic (exact) mass is 413 g/mol. The van der Waals surface area contributed by atoms with E-state index in [0.717, 1.165) is 6.20 Å². The molecule has 0 aliphatic carbocycles. The van der Waals surface area contributed by atoms with Gasteiger partial charge in [-0.3, -0.25) is 4.68 Å². The van der Waals surface area contributed by atoms with E-state index in [2.05, 4.69) is 31.8 Å². The van der Waals surface area contributed by atoms with Gasteiger partial charge >= 0.3 is 6.18 Å². The highest BCUT2D eigenvalue weighted by Gasteiger charge is 2.39. The fourth-order valence-corrected chi connectivity index (χ4v) is 2.27. The molecule has 2 aromatic heterocycles. The van der Waals surface area contributed by atoms with E-state index >= 15 is 0 Å². The largest absolute Gasteiger partial charge is 0.421 e. The Morgan fingerprint density at radius 2 is 1.73 bits per heavy atom. The maximum Gasteiger partial charge on any atom is 0.421 e. The second-order valence-electron chi connectivity index (χ2n) is 9.32. The Morgan fingerprint density at radius 1 is 1.13 bits per heavy atom. The van der Waals surface area contributed by atoms with Crippen molar-refractivity contribution in [1.29, 1.82) is 5.26 Å². The van der Waals surface area contributed by atoms with Crippen LogP contribution in [0.3, 0.4) is 0 Å². The molecule has 7 nitrogen and oxygen atoms in total. The Kier molecular flexibility index (Phi) is 6.05. The molecule has 0 atom stereocenters. The smallest absolute Gasteiger partial charge is 0.381 e. The average Bonchev–Trinajstić information content (AvgIpc) is 2.94.